The topological polar surface area (TPSA) is 81.1 Å². The second kappa shape index (κ2) is 6.01. The van der Waals surface area contributed by atoms with E-state index in [0.29, 0.717) is 17.3 Å². The standard InChI is InChI=1S/C17H16FN5O/c18-13-3-1-2-11(8-13)16-21-17(24-22-16)12-4-6-20-15(9-12)23-7-5-14(19)10-23/h1-4,6,8-9,14H,5,7,10,19H2. The predicted molar refractivity (Wildman–Crippen MR) is 87.7 cm³/mol. The highest BCUT2D eigenvalue weighted by molar-refractivity contribution is 5.62. The Balaban J connectivity index is 1.63. The first kappa shape index (κ1) is 14.8. The van der Waals surface area contributed by atoms with Crippen molar-refractivity contribution in [1.29, 1.82) is 0 Å². The van der Waals surface area contributed by atoms with Gasteiger partial charge in [0.15, 0.2) is 0 Å². The largest absolute Gasteiger partial charge is 0.355 e. The second-order valence-electron chi connectivity index (χ2n) is 5.83. The Kier molecular flexibility index (Phi) is 3.70. The summed E-state index contributed by atoms with van der Waals surface area (Å²) in [5, 5.41) is 3.94. The van der Waals surface area contributed by atoms with Gasteiger partial charge in [0.25, 0.3) is 5.89 Å². The number of nitrogens with zero attached hydrogens (tertiary/aromatic N) is 4. The third-order valence-corrected chi connectivity index (χ3v) is 4.05. The molecule has 1 fully saturated rings. The van der Waals surface area contributed by atoms with Crippen LogP contribution < -0.4 is 10.6 Å². The normalized spacial score (nSPS) is 17.4. The van der Waals surface area contributed by atoms with E-state index in [0.717, 1.165) is 30.9 Å². The average molecular weight is 325 g/mol. The molecule has 1 aliphatic rings. The van der Waals surface area contributed by atoms with Gasteiger partial charge in [-0.05, 0) is 30.7 Å². The minimum absolute atomic E-state index is 0.179. The summed E-state index contributed by atoms with van der Waals surface area (Å²) in [7, 11) is 0. The molecule has 4 rings (SSSR count). The van der Waals surface area contributed by atoms with Crippen LogP contribution in [0, 0.1) is 5.82 Å². The summed E-state index contributed by atoms with van der Waals surface area (Å²) in [5.74, 6) is 1.23. The van der Waals surface area contributed by atoms with Crippen molar-refractivity contribution >= 4 is 5.82 Å². The van der Waals surface area contributed by atoms with Crippen LogP contribution in [0.25, 0.3) is 22.8 Å². The molecule has 0 saturated carbocycles. The van der Waals surface area contributed by atoms with E-state index in [4.69, 9.17) is 10.3 Å². The first-order chi connectivity index (χ1) is 11.7. The number of anilines is 1. The molecule has 1 aromatic carbocycles. The van der Waals surface area contributed by atoms with Gasteiger partial charge in [0, 0.05) is 36.5 Å². The third-order valence-electron chi connectivity index (χ3n) is 4.05. The molecule has 122 valence electrons. The van der Waals surface area contributed by atoms with Gasteiger partial charge in [0.2, 0.25) is 5.82 Å². The summed E-state index contributed by atoms with van der Waals surface area (Å²) in [6.45, 7) is 1.67. The van der Waals surface area contributed by atoms with E-state index >= 15 is 0 Å². The van der Waals surface area contributed by atoms with E-state index < -0.39 is 0 Å². The van der Waals surface area contributed by atoms with Crippen LogP contribution in [0.5, 0.6) is 0 Å². The molecule has 3 aromatic rings. The Morgan fingerprint density at radius 3 is 2.92 bits per heavy atom. The predicted octanol–water partition coefficient (Wildman–Crippen LogP) is 2.48. The van der Waals surface area contributed by atoms with E-state index in [1.165, 1.54) is 12.1 Å². The minimum atomic E-state index is -0.338. The lowest BCUT2D eigenvalue weighted by atomic mass is 10.2. The lowest BCUT2D eigenvalue weighted by Crippen LogP contribution is -2.26. The van der Waals surface area contributed by atoms with Crippen LogP contribution in [-0.2, 0) is 0 Å². The van der Waals surface area contributed by atoms with Gasteiger partial charge in [-0.15, -0.1) is 0 Å². The van der Waals surface area contributed by atoms with E-state index in [-0.39, 0.29) is 11.9 Å². The van der Waals surface area contributed by atoms with Gasteiger partial charge in [0.05, 0.1) is 0 Å². The molecule has 0 amide bonds. The smallest absolute Gasteiger partial charge is 0.258 e. The quantitative estimate of drug-likeness (QED) is 0.797. The first-order valence-corrected chi connectivity index (χ1v) is 7.75. The molecule has 0 bridgehead atoms. The van der Waals surface area contributed by atoms with Crippen molar-refractivity contribution in [1.82, 2.24) is 15.1 Å². The van der Waals surface area contributed by atoms with Gasteiger partial charge in [-0.1, -0.05) is 17.3 Å². The molecule has 3 heterocycles. The fraction of sp³-hybridized carbons (Fsp3) is 0.235. The molecule has 24 heavy (non-hydrogen) atoms. The molecule has 2 aromatic heterocycles. The maximum Gasteiger partial charge on any atom is 0.258 e. The van der Waals surface area contributed by atoms with Gasteiger partial charge in [-0.3, -0.25) is 0 Å². The monoisotopic (exact) mass is 325 g/mol. The fourth-order valence-corrected chi connectivity index (χ4v) is 2.81. The Morgan fingerprint density at radius 1 is 1.21 bits per heavy atom. The number of halogens is 1. The molecule has 0 spiro atoms. The van der Waals surface area contributed by atoms with E-state index in [1.807, 2.05) is 12.1 Å². The Hall–Kier alpha value is -2.80. The van der Waals surface area contributed by atoms with Gasteiger partial charge in [-0.25, -0.2) is 9.37 Å². The zero-order valence-corrected chi connectivity index (χ0v) is 12.9. The molecule has 0 aliphatic carbocycles. The molecule has 7 heteroatoms. The molecule has 1 atom stereocenters. The number of pyridine rings is 1. The molecule has 1 aliphatic heterocycles. The summed E-state index contributed by atoms with van der Waals surface area (Å²) in [4.78, 5) is 10.9. The number of benzene rings is 1. The van der Waals surface area contributed by atoms with Gasteiger partial charge < -0.3 is 15.2 Å². The molecular formula is C17H16FN5O. The van der Waals surface area contributed by atoms with Crippen LogP contribution in [-0.4, -0.2) is 34.3 Å². The van der Waals surface area contributed by atoms with Crippen molar-refractivity contribution in [2.24, 2.45) is 5.73 Å². The van der Waals surface area contributed by atoms with Gasteiger partial charge in [0.1, 0.15) is 11.6 Å². The zero-order valence-electron chi connectivity index (χ0n) is 12.9. The Labute approximate surface area is 138 Å². The fourth-order valence-electron chi connectivity index (χ4n) is 2.81. The van der Waals surface area contributed by atoms with Crippen molar-refractivity contribution in [2.45, 2.75) is 12.5 Å². The van der Waals surface area contributed by atoms with Crippen molar-refractivity contribution < 1.29 is 8.91 Å². The highest BCUT2D eigenvalue weighted by Crippen LogP contribution is 2.26. The number of nitrogens with two attached hydrogens (primary N) is 1. The highest BCUT2D eigenvalue weighted by Gasteiger charge is 2.21. The maximum absolute atomic E-state index is 13.3. The van der Waals surface area contributed by atoms with Gasteiger partial charge >= 0.3 is 0 Å². The highest BCUT2D eigenvalue weighted by atomic mass is 19.1. The number of hydrogen-bond donors (Lipinski definition) is 1. The number of hydrogen-bond acceptors (Lipinski definition) is 6. The van der Waals surface area contributed by atoms with Crippen LogP contribution in [0.15, 0.2) is 47.1 Å². The van der Waals surface area contributed by atoms with Gasteiger partial charge in [-0.2, -0.15) is 4.98 Å². The van der Waals surface area contributed by atoms with Crippen LogP contribution in [0.1, 0.15) is 6.42 Å². The molecule has 6 nitrogen and oxygen atoms in total. The average Bonchev–Trinajstić information content (AvgIpc) is 3.24. The van der Waals surface area contributed by atoms with E-state index in [1.54, 1.807) is 18.3 Å². The minimum Gasteiger partial charge on any atom is -0.355 e. The second-order valence-corrected chi connectivity index (χ2v) is 5.83. The van der Waals surface area contributed by atoms with Crippen LogP contribution in [0.2, 0.25) is 0 Å². The summed E-state index contributed by atoms with van der Waals surface area (Å²) >= 11 is 0. The molecule has 0 radical (unpaired) electrons. The zero-order chi connectivity index (χ0) is 16.5. The Bertz CT molecular complexity index is 865. The molecule has 1 unspecified atom stereocenters. The van der Waals surface area contributed by atoms with E-state index in [2.05, 4.69) is 20.0 Å². The number of aromatic nitrogens is 3. The summed E-state index contributed by atoms with van der Waals surface area (Å²) in [6.07, 6.45) is 2.66. The Morgan fingerprint density at radius 2 is 2.12 bits per heavy atom. The lowest BCUT2D eigenvalue weighted by Gasteiger charge is -2.16. The van der Waals surface area contributed by atoms with Crippen LogP contribution in [0.4, 0.5) is 10.2 Å². The lowest BCUT2D eigenvalue weighted by molar-refractivity contribution is 0.432. The van der Waals surface area contributed by atoms with Crippen LogP contribution >= 0.6 is 0 Å². The van der Waals surface area contributed by atoms with Crippen molar-refractivity contribution in [3.05, 3.63) is 48.4 Å². The first-order valence-electron chi connectivity index (χ1n) is 7.75. The maximum atomic E-state index is 13.3. The molecule has 1 saturated heterocycles. The van der Waals surface area contributed by atoms with Crippen molar-refractivity contribution in [3.8, 4) is 22.8 Å². The SMILES string of the molecule is NC1CCN(c2cc(-c3nc(-c4cccc(F)c4)no3)ccn2)C1. The van der Waals surface area contributed by atoms with Crippen molar-refractivity contribution in [3.63, 3.8) is 0 Å². The summed E-state index contributed by atoms with van der Waals surface area (Å²) in [5.41, 5.74) is 7.30. The van der Waals surface area contributed by atoms with E-state index in [9.17, 15) is 4.39 Å². The molecular weight excluding hydrogens is 309 g/mol. The number of rotatable bonds is 3. The third kappa shape index (κ3) is 2.85. The summed E-state index contributed by atoms with van der Waals surface area (Å²) < 4.78 is 18.7. The summed E-state index contributed by atoms with van der Waals surface area (Å²) in [6, 6.07) is 9.99. The van der Waals surface area contributed by atoms with Crippen LogP contribution in [0.3, 0.4) is 0 Å². The van der Waals surface area contributed by atoms with Crippen molar-refractivity contribution in [2.75, 3.05) is 18.0 Å². The molecule has 2 N–H and O–H groups in total.